The fourth-order valence-electron chi connectivity index (χ4n) is 18.8. The minimum Gasteiger partial charge on any atom is -0.505 e. The van der Waals surface area contributed by atoms with Crippen molar-refractivity contribution in [2.24, 2.45) is 40.9 Å². The van der Waals surface area contributed by atoms with Crippen LogP contribution in [0.3, 0.4) is 0 Å². The number of azo groups is 4. The van der Waals surface area contributed by atoms with Gasteiger partial charge in [-0.25, -0.2) is 0 Å². The highest BCUT2D eigenvalue weighted by molar-refractivity contribution is 6.43. The normalized spacial score (nSPS) is 13.3. The van der Waals surface area contributed by atoms with Crippen LogP contribution in [0.2, 0.25) is 21.1 Å². The second-order valence-electron chi connectivity index (χ2n) is 37.7. The van der Waals surface area contributed by atoms with Crippen molar-refractivity contribution in [3.63, 3.8) is 0 Å². The first-order chi connectivity index (χ1) is 72.1. The van der Waals surface area contributed by atoms with E-state index in [1.165, 1.54) is 21.9 Å². The third kappa shape index (κ3) is 22.4. The summed E-state index contributed by atoms with van der Waals surface area (Å²) < 4.78 is 0. The molecule has 0 saturated carbocycles. The molecule has 0 spiro atoms. The molecule has 0 amide bonds. The largest absolute Gasteiger partial charge is 0.505 e. The van der Waals surface area contributed by atoms with E-state index in [1.54, 1.807) is 24.3 Å². The maximum Gasteiger partial charge on any atom is 0.233 e. The van der Waals surface area contributed by atoms with E-state index in [2.05, 4.69) is 180 Å². The van der Waals surface area contributed by atoms with Crippen LogP contribution in [0.25, 0.3) is 64.6 Å². The van der Waals surface area contributed by atoms with Gasteiger partial charge in [0.1, 0.15) is 38.4 Å². The van der Waals surface area contributed by atoms with Gasteiger partial charge in [-0.3, -0.25) is 9.80 Å². The number of rotatable bonds is 26. The number of nitrogens with zero attached hydrogens (tertiary/aromatic N) is 24. The lowest BCUT2D eigenvalue weighted by atomic mass is 9.86. The summed E-state index contributed by atoms with van der Waals surface area (Å²) in [7, 11) is 13.5. The van der Waals surface area contributed by atoms with E-state index in [4.69, 9.17) is 72.1 Å². The van der Waals surface area contributed by atoms with Gasteiger partial charge in [0.25, 0.3) is 0 Å². The molecule has 10 N–H and O–H groups in total. The number of piperazine rings is 2. The van der Waals surface area contributed by atoms with Gasteiger partial charge in [0.05, 0.1) is 34.1 Å². The second-order valence-corrected chi connectivity index (χ2v) is 39.1. The van der Waals surface area contributed by atoms with Crippen molar-refractivity contribution in [2.75, 3.05) is 120 Å². The highest BCUT2D eigenvalue weighted by atomic mass is 35.5. The monoisotopic (exact) mass is 2070 g/mol. The molecule has 0 unspecified atom stereocenters. The quantitative estimate of drug-likeness (QED) is 0.0178. The molecular weight excluding hydrogens is 1970 g/mol. The van der Waals surface area contributed by atoms with Crippen molar-refractivity contribution < 1.29 is 20.4 Å². The van der Waals surface area contributed by atoms with Crippen LogP contribution >= 0.6 is 46.4 Å². The number of fused-ring (bicyclic) bond motifs is 6. The van der Waals surface area contributed by atoms with Crippen LogP contribution in [-0.4, -0.2) is 184 Å². The minimum atomic E-state index is -0.0246. The number of aryl methyl sites for hydroxylation is 14. The summed E-state index contributed by atoms with van der Waals surface area (Å²) in [4.78, 5) is 62.4. The molecule has 0 bridgehead atoms. The first-order valence-corrected chi connectivity index (χ1v) is 50.2. The molecule has 2 aliphatic heterocycles. The number of hydrogen-bond acceptors (Lipinski definition) is 34. The van der Waals surface area contributed by atoms with Crippen molar-refractivity contribution in [3.05, 3.63) is 269 Å². The Kier molecular flexibility index (Phi) is 29.9. The summed E-state index contributed by atoms with van der Waals surface area (Å²) in [5.41, 5.74) is 20.7. The van der Waals surface area contributed by atoms with Gasteiger partial charge >= 0.3 is 0 Å². The van der Waals surface area contributed by atoms with Crippen LogP contribution in [0.1, 0.15) is 77.9 Å². The van der Waals surface area contributed by atoms with Crippen LogP contribution < -0.4 is 52.6 Å². The Balaban J connectivity index is 0.000000188. The van der Waals surface area contributed by atoms with Gasteiger partial charge in [-0.05, 0) is 349 Å². The molecule has 752 valence electrons. The molecule has 6 heterocycles. The second kappa shape index (κ2) is 43.7. The standard InChI is InChI=1S/2C55H52BCl2N15O2/c1-28-11-12-31(4)42(24-28)69-71-47-32(5)26-35-23-29(2)25-43(44(35)49(47)75)61-53-63-50(57)62-52(66-53)59-17-18-72-19-21-73(22-20-72)55-65-51(58)64-54(67-55)60-41-16-14-38-39(45(41)56)27-33(6)46(48(38)74)70-68-40-15-13-36-30(3)9-8-10-37(36)34(40)7;1-28-11-12-31(4)42(24-28)69-71-47-32(5)26-35-23-29(2)25-43(44(35)49(47)75)61-54-64-51(58)65-55(67-54)73-21-19-72(20-22-73)18-17-59-52-62-50(57)63-53(66-52)60-41-16-14-38-39(45(41)56)27-33(6)46(48(38)74)70-68-40-15-13-36-30(3)9-8-10-37(36)34(40)7/h8-16,23-27,74-75H,17-22H2,1-7H3,(H,60,64,65,67)(H2,59,61,62,63,66);8-16,23-27,74-75H,17-22H2,1-7H3,(H,61,64,65,67)(H2,59,60,62,63,66). The SMILES string of the molecule is [B]c1c(Nc2nc(Cl)nc(N3CCN(CCNc4nc(Cl)nc(Nc5cc(C)cc6cc(C)c(N=Nc7cc(C)ccc7C)c(O)c56)n4)CC3)n2)ccc2c(O)c(N=Nc3ccc4c(C)cccc4c3C)c(C)cc12.[B]c1c(Nc2nc(Cl)nc(NCCN3CCN(c4nc(Cl)nc(Nc5cc(C)cc6cc(C)c(N=Nc7cc(C)ccc7C)c(O)c56)n4)CC3)n2)ccc2c(O)c(N=Nc3ccc4c(C)cccc4c3C)c(C)cc12. The Labute approximate surface area is 887 Å². The molecule has 150 heavy (non-hydrogen) atoms. The zero-order chi connectivity index (χ0) is 105. The van der Waals surface area contributed by atoms with Crippen LogP contribution in [-0.2, 0) is 0 Å². The van der Waals surface area contributed by atoms with Crippen molar-refractivity contribution in [1.29, 1.82) is 0 Å². The van der Waals surface area contributed by atoms with Crippen LogP contribution in [0.5, 0.6) is 23.0 Å². The van der Waals surface area contributed by atoms with Gasteiger partial charge in [-0.2, -0.15) is 80.3 Å². The fraction of sp³-hybridized carbons (Fsp3) is 0.236. The number of aromatic hydroxyl groups is 4. The van der Waals surface area contributed by atoms with E-state index in [-0.39, 0.29) is 67.9 Å². The first-order valence-electron chi connectivity index (χ1n) is 48.7. The van der Waals surface area contributed by atoms with E-state index >= 15 is 0 Å². The molecule has 40 heteroatoms. The Morgan fingerprint density at radius 3 is 1.01 bits per heavy atom. The zero-order valence-corrected chi connectivity index (χ0v) is 87.9. The van der Waals surface area contributed by atoms with Crippen LogP contribution in [0.4, 0.5) is 116 Å². The number of nitrogens with one attached hydrogen (secondary N) is 6. The molecule has 0 aliphatic carbocycles. The van der Waals surface area contributed by atoms with Gasteiger partial charge in [0.15, 0.2) is 23.0 Å². The maximum atomic E-state index is 11.7. The number of phenolic OH excluding ortho intramolecular Hbond substituents is 4. The van der Waals surface area contributed by atoms with E-state index in [1.807, 2.05) is 204 Å². The number of hydrogen-bond donors (Lipinski definition) is 10. The summed E-state index contributed by atoms with van der Waals surface area (Å²) >= 11 is 25.8. The van der Waals surface area contributed by atoms with Gasteiger partial charge < -0.3 is 62.1 Å². The molecule has 4 aromatic heterocycles. The summed E-state index contributed by atoms with van der Waals surface area (Å²) in [6, 6.07) is 54.9. The Hall–Kier alpha value is -16.1. The number of anilines is 12. The van der Waals surface area contributed by atoms with Crippen molar-refractivity contribution in [2.45, 2.75) is 96.9 Å². The molecule has 0 atom stereocenters. The van der Waals surface area contributed by atoms with Crippen molar-refractivity contribution in [3.8, 4) is 23.0 Å². The minimum absolute atomic E-state index is 0.00200. The average molecular weight is 2070 g/mol. The number of aromatic nitrogens is 12. The Bertz CT molecular complexity index is 8560. The van der Waals surface area contributed by atoms with Gasteiger partial charge in [-0.15, -0.1) is 20.5 Å². The van der Waals surface area contributed by atoms with E-state index in [9.17, 15) is 20.4 Å². The highest BCUT2D eigenvalue weighted by Crippen LogP contribution is 2.49. The summed E-state index contributed by atoms with van der Waals surface area (Å²) in [6.45, 7) is 35.5. The fourth-order valence-corrected chi connectivity index (χ4v) is 19.5. The van der Waals surface area contributed by atoms with Gasteiger partial charge in [-0.1, -0.05) is 95.9 Å². The molecule has 14 aromatic carbocycles. The molecule has 34 nitrogen and oxygen atoms in total. The molecule has 2 aliphatic rings. The van der Waals surface area contributed by atoms with Crippen LogP contribution in [0.15, 0.2) is 211 Å². The predicted molar refractivity (Wildman–Crippen MR) is 604 cm³/mol. The van der Waals surface area contributed by atoms with Crippen molar-refractivity contribution in [1.82, 2.24) is 69.6 Å². The molecule has 2 fully saturated rings. The number of halogens is 4. The summed E-state index contributed by atoms with van der Waals surface area (Å²) in [5, 5.41) is 112. The Morgan fingerprint density at radius 2 is 0.620 bits per heavy atom. The van der Waals surface area contributed by atoms with E-state index in [0.717, 1.165) is 126 Å². The third-order valence-corrected chi connectivity index (χ3v) is 27.6. The van der Waals surface area contributed by atoms with Gasteiger partial charge in [0, 0.05) is 111 Å². The van der Waals surface area contributed by atoms with Crippen LogP contribution in [0, 0.1) is 96.9 Å². The number of phenols is 4. The van der Waals surface area contributed by atoms with E-state index in [0.29, 0.717) is 176 Å². The average Bonchev–Trinajstić information content (AvgIpc) is 0.772. The third-order valence-electron chi connectivity index (χ3n) is 27.0. The topological polar surface area (TPSA) is 420 Å². The lowest BCUT2D eigenvalue weighted by Crippen LogP contribution is -2.48. The first kappa shape index (κ1) is 102. The summed E-state index contributed by atoms with van der Waals surface area (Å²) in [6.07, 6.45) is 0. The maximum absolute atomic E-state index is 11.7. The number of benzene rings is 14. The van der Waals surface area contributed by atoms with Gasteiger partial charge in [0.2, 0.25) is 68.7 Å². The molecule has 18 aromatic rings. The highest BCUT2D eigenvalue weighted by Gasteiger charge is 2.28. The Morgan fingerprint density at radius 1 is 0.280 bits per heavy atom. The molecule has 2 saturated heterocycles. The zero-order valence-electron chi connectivity index (χ0n) is 84.8. The van der Waals surface area contributed by atoms with E-state index < -0.39 is 0 Å². The van der Waals surface area contributed by atoms with Crippen molar-refractivity contribution >= 4 is 253 Å². The lowest BCUT2D eigenvalue weighted by molar-refractivity contribution is 0.266. The predicted octanol–water partition coefficient (Wildman–Crippen LogP) is 25.5. The molecule has 20 rings (SSSR count). The smallest absolute Gasteiger partial charge is 0.233 e. The lowest BCUT2D eigenvalue weighted by Gasteiger charge is -2.34. The molecular formula is C110H104B2Cl4N30O4. The summed E-state index contributed by atoms with van der Waals surface area (Å²) in [5.74, 6) is 2.23. The molecule has 4 radical (unpaired) electrons.